The monoisotopic (exact) mass is 315 g/mol. The van der Waals surface area contributed by atoms with Crippen molar-refractivity contribution in [2.24, 2.45) is 0 Å². The van der Waals surface area contributed by atoms with Gasteiger partial charge >= 0.3 is 0 Å². The highest BCUT2D eigenvalue weighted by atomic mass is 16.5. The zero-order valence-electron chi connectivity index (χ0n) is 13.9. The number of hydrogen-bond acceptors (Lipinski definition) is 4. The van der Waals surface area contributed by atoms with Gasteiger partial charge < -0.3 is 14.6 Å². The fourth-order valence-electron chi connectivity index (χ4n) is 2.49. The molecule has 0 fully saturated rings. The normalized spacial score (nSPS) is 10.7. The topological polar surface area (TPSA) is 41.9 Å². The number of methoxy groups -OCH3 is 1. The predicted octanol–water partition coefficient (Wildman–Crippen LogP) is 3.69. The lowest BCUT2D eigenvalue weighted by atomic mass is 10.2. The number of hydrogen-bond donors (Lipinski definition) is 1. The van der Waals surface area contributed by atoms with Crippen LogP contribution in [0.3, 0.4) is 0 Å². The van der Waals surface area contributed by atoms with Crippen molar-refractivity contribution < 1.29 is 14.6 Å². The van der Waals surface area contributed by atoms with Crippen molar-refractivity contribution in [2.45, 2.75) is 19.9 Å². The SMILES string of the molecule is CCCN(CCOc1ccccc1OC)Cc1ccccc1O. The molecule has 0 heterocycles. The zero-order chi connectivity index (χ0) is 16.5. The quantitative estimate of drug-likeness (QED) is 0.766. The van der Waals surface area contributed by atoms with E-state index >= 15 is 0 Å². The summed E-state index contributed by atoms with van der Waals surface area (Å²) in [6.45, 7) is 5.20. The first kappa shape index (κ1) is 17.2. The van der Waals surface area contributed by atoms with Crippen LogP contribution in [0.2, 0.25) is 0 Å². The molecule has 2 aromatic rings. The molecule has 0 aromatic heterocycles. The molecule has 124 valence electrons. The summed E-state index contributed by atoms with van der Waals surface area (Å²) in [5, 5.41) is 9.92. The highest BCUT2D eigenvalue weighted by Crippen LogP contribution is 2.25. The van der Waals surface area contributed by atoms with Crippen LogP contribution in [0.4, 0.5) is 0 Å². The zero-order valence-corrected chi connectivity index (χ0v) is 13.9. The van der Waals surface area contributed by atoms with E-state index in [9.17, 15) is 5.11 Å². The first-order valence-corrected chi connectivity index (χ1v) is 7.99. The van der Waals surface area contributed by atoms with E-state index in [1.54, 1.807) is 13.2 Å². The first-order chi connectivity index (χ1) is 11.2. The van der Waals surface area contributed by atoms with Crippen LogP contribution in [-0.4, -0.2) is 36.8 Å². The summed E-state index contributed by atoms with van der Waals surface area (Å²) in [6, 6.07) is 15.1. The number of nitrogens with zero attached hydrogens (tertiary/aromatic N) is 1. The summed E-state index contributed by atoms with van der Waals surface area (Å²) in [6.07, 6.45) is 1.06. The van der Waals surface area contributed by atoms with Gasteiger partial charge in [-0.05, 0) is 31.2 Å². The molecule has 23 heavy (non-hydrogen) atoms. The second-order valence-corrected chi connectivity index (χ2v) is 5.40. The maximum absolute atomic E-state index is 9.92. The Hall–Kier alpha value is -2.20. The molecule has 0 spiro atoms. The van der Waals surface area contributed by atoms with Crippen LogP contribution in [0.1, 0.15) is 18.9 Å². The lowest BCUT2D eigenvalue weighted by molar-refractivity contribution is 0.197. The van der Waals surface area contributed by atoms with E-state index in [2.05, 4.69) is 11.8 Å². The minimum absolute atomic E-state index is 0.347. The molecular formula is C19H25NO3. The molecule has 4 nitrogen and oxygen atoms in total. The van der Waals surface area contributed by atoms with Gasteiger partial charge in [0.2, 0.25) is 0 Å². The maximum atomic E-state index is 9.92. The molecule has 0 bridgehead atoms. The smallest absolute Gasteiger partial charge is 0.161 e. The molecule has 4 heteroatoms. The Morgan fingerprint density at radius 1 is 0.957 bits per heavy atom. The van der Waals surface area contributed by atoms with Crippen molar-refractivity contribution >= 4 is 0 Å². The van der Waals surface area contributed by atoms with E-state index in [0.717, 1.165) is 43.1 Å². The minimum Gasteiger partial charge on any atom is -0.508 e. The van der Waals surface area contributed by atoms with Crippen LogP contribution >= 0.6 is 0 Å². The van der Waals surface area contributed by atoms with Crippen LogP contribution < -0.4 is 9.47 Å². The third-order valence-corrected chi connectivity index (χ3v) is 3.66. The van der Waals surface area contributed by atoms with Crippen LogP contribution in [0, 0.1) is 0 Å². The van der Waals surface area contributed by atoms with Crippen LogP contribution in [0.15, 0.2) is 48.5 Å². The summed E-state index contributed by atoms with van der Waals surface area (Å²) in [5.41, 5.74) is 0.943. The van der Waals surface area contributed by atoms with E-state index in [4.69, 9.17) is 9.47 Å². The van der Waals surface area contributed by atoms with Gasteiger partial charge in [0.25, 0.3) is 0 Å². The molecule has 0 aliphatic heterocycles. The van der Waals surface area contributed by atoms with Crippen molar-refractivity contribution in [1.82, 2.24) is 4.90 Å². The number of benzene rings is 2. The molecule has 0 saturated heterocycles. The summed E-state index contributed by atoms with van der Waals surface area (Å²) < 4.78 is 11.1. The van der Waals surface area contributed by atoms with Crippen molar-refractivity contribution in [3.05, 3.63) is 54.1 Å². The van der Waals surface area contributed by atoms with Gasteiger partial charge in [-0.1, -0.05) is 37.3 Å². The van der Waals surface area contributed by atoms with E-state index in [0.29, 0.717) is 12.4 Å². The van der Waals surface area contributed by atoms with Gasteiger partial charge in [-0.25, -0.2) is 0 Å². The van der Waals surface area contributed by atoms with Crippen molar-refractivity contribution in [3.63, 3.8) is 0 Å². The van der Waals surface area contributed by atoms with Crippen molar-refractivity contribution in [3.8, 4) is 17.2 Å². The fraction of sp³-hybridized carbons (Fsp3) is 0.368. The molecule has 0 amide bonds. The van der Waals surface area contributed by atoms with Gasteiger partial charge in [0.1, 0.15) is 12.4 Å². The van der Waals surface area contributed by atoms with E-state index in [1.807, 2.05) is 42.5 Å². The molecule has 0 aliphatic carbocycles. The fourth-order valence-corrected chi connectivity index (χ4v) is 2.49. The average Bonchev–Trinajstić information content (AvgIpc) is 2.57. The van der Waals surface area contributed by atoms with Crippen LogP contribution in [0.25, 0.3) is 0 Å². The molecular weight excluding hydrogens is 290 g/mol. The number of phenols is 1. The Bertz CT molecular complexity index is 601. The molecule has 0 aliphatic rings. The van der Waals surface area contributed by atoms with E-state index in [1.165, 1.54) is 0 Å². The van der Waals surface area contributed by atoms with Crippen LogP contribution in [-0.2, 0) is 6.54 Å². The minimum atomic E-state index is 0.347. The summed E-state index contributed by atoms with van der Waals surface area (Å²) in [7, 11) is 1.64. The van der Waals surface area contributed by atoms with E-state index < -0.39 is 0 Å². The first-order valence-electron chi connectivity index (χ1n) is 7.99. The third kappa shape index (κ3) is 5.18. The molecule has 0 unspecified atom stereocenters. The van der Waals surface area contributed by atoms with Gasteiger partial charge in [0.05, 0.1) is 7.11 Å². The Labute approximate surface area is 138 Å². The molecule has 0 radical (unpaired) electrons. The molecule has 2 aromatic carbocycles. The Morgan fingerprint density at radius 3 is 2.35 bits per heavy atom. The Morgan fingerprint density at radius 2 is 1.65 bits per heavy atom. The van der Waals surface area contributed by atoms with Gasteiger partial charge in [-0.15, -0.1) is 0 Å². The number of ether oxygens (including phenoxy) is 2. The van der Waals surface area contributed by atoms with Gasteiger partial charge in [0.15, 0.2) is 11.5 Å². The summed E-state index contributed by atoms with van der Waals surface area (Å²) in [5.74, 6) is 1.85. The molecule has 2 rings (SSSR count). The number of phenolic OH excluding ortho intramolecular Hbond substituents is 1. The van der Waals surface area contributed by atoms with Crippen molar-refractivity contribution in [2.75, 3.05) is 26.8 Å². The predicted molar refractivity (Wildman–Crippen MR) is 92.2 cm³/mol. The second-order valence-electron chi connectivity index (χ2n) is 5.40. The highest BCUT2D eigenvalue weighted by molar-refractivity contribution is 5.39. The van der Waals surface area contributed by atoms with Crippen LogP contribution in [0.5, 0.6) is 17.2 Å². The largest absolute Gasteiger partial charge is 0.508 e. The number of rotatable bonds is 9. The second kappa shape index (κ2) is 9.06. The number of para-hydroxylation sites is 3. The molecule has 1 N–H and O–H groups in total. The summed E-state index contributed by atoms with van der Waals surface area (Å²) in [4.78, 5) is 2.28. The lowest BCUT2D eigenvalue weighted by Gasteiger charge is -2.22. The Balaban J connectivity index is 1.91. The average molecular weight is 315 g/mol. The molecule has 0 saturated carbocycles. The van der Waals surface area contributed by atoms with Gasteiger partial charge in [0, 0.05) is 18.7 Å². The lowest BCUT2D eigenvalue weighted by Crippen LogP contribution is -2.29. The number of aromatic hydroxyl groups is 1. The third-order valence-electron chi connectivity index (χ3n) is 3.66. The summed E-state index contributed by atoms with van der Waals surface area (Å²) >= 11 is 0. The Kier molecular flexibility index (Phi) is 6.76. The van der Waals surface area contributed by atoms with E-state index in [-0.39, 0.29) is 0 Å². The maximum Gasteiger partial charge on any atom is 0.161 e. The van der Waals surface area contributed by atoms with Gasteiger partial charge in [-0.2, -0.15) is 0 Å². The molecule has 0 atom stereocenters. The highest BCUT2D eigenvalue weighted by Gasteiger charge is 2.09. The van der Waals surface area contributed by atoms with Gasteiger partial charge in [-0.3, -0.25) is 4.90 Å². The van der Waals surface area contributed by atoms with Crippen molar-refractivity contribution in [1.29, 1.82) is 0 Å². The standard InChI is InChI=1S/C19H25NO3/c1-3-12-20(15-16-8-4-5-9-17(16)21)13-14-23-19-11-7-6-10-18(19)22-2/h4-11,21H,3,12-15H2,1-2H3.